The highest BCUT2D eigenvalue weighted by molar-refractivity contribution is 5.93. The summed E-state index contributed by atoms with van der Waals surface area (Å²) in [6.45, 7) is 1.68. The molecule has 0 bridgehead atoms. The van der Waals surface area contributed by atoms with E-state index in [4.69, 9.17) is 15.2 Å². The molecule has 0 amide bonds. The minimum atomic E-state index is -0.420. The fourth-order valence-electron chi connectivity index (χ4n) is 2.15. The fraction of sp³-hybridized carbons (Fsp3) is 0.429. The number of carbonyl (C=O) groups is 2. The van der Waals surface area contributed by atoms with Crippen molar-refractivity contribution in [2.24, 2.45) is 5.73 Å². The topological polar surface area (TPSA) is 78.6 Å². The zero-order chi connectivity index (χ0) is 13.8. The lowest BCUT2D eigenvalue weighted by atomic mass is 10.0. The molecule has 1 heterocycles. The zero-order valence-corrected chi connectivity index (χ0v) is 10.8. The molecule has 0 radical (unpaired) electrons. The van der Waals surface area contributed by atoms with Crippen LogP contribution in [0.2, 0.25) is 0 Å². The first kappa shape index (κ1) is 13.5. The van der Waals surface area contributed by atoms with Crippen LogP contribution in [0.25, 0.3) is 0 Å². The second-order valence-corrected chi connectivity index (χ2v) is 4.56. The molecule has 5 nitrogen and oxygen atoms in total. The van der Waals surface area contributed by atoms with Gasteiger partial charge in [-0.05, 0) is 25.8 Å². The molecule has 0 saturated heterocycles. The lowest BCUT2D eigenvalue weighted by Crippen LogP contribution is -2.22. The summed E-state index contributed by atoms with van der Waals surface area (Å²) in [5, 5.41) is 0. The Labute approximate surface area is 111 Å². The Balaban J connectivity index is 1.91. The summed E-state index contributed by atoms with van der Waals surface area (Å²) in [6.07, 6.45) is 0.769. The molecule has 0 aliphatic carbocycles. The molecular formula is C14H17NO4. The second kappa shape index (κ2) is 5.84. The van der Waals surface area contributed by atoms with Crippen LogP contribution in [0, 0.1) is 0 Å². The maximum atomic E-state index is 11.6. The van der Waals surface area contributed by atoms with E-state index < -0.39 is 5.97 Å². The molecule has 5 heteroatoms. The smallest absolute Gasteiger partial charge is 0.339 e. The van der Waals surface area contributed by atoms with Gasteiger partial charge < -0.3 is 15.2 Å². The van der Waals surface area contributed by atoms with E-state index in [1.54, 1.807) is 13.0 Å². The van der Waals surface area contributed by atoms with Crippen molar-refractivity contribution in [3.8, 4) is 0 Å². The van der Waals surface area contributed by atoms with Crippen LogP contribution in [-0.2, 0) is 14.3 Å². The number of nitrogens with two attached hydrogens (primary N) is 1. The van der Waals surface area contributed by atoms with E-state index in [1.165, 1.54) is 0 Å². The largest absolute Gasteiger partial charge is 0.462 e. The van der Waals surface area contributed by atoms with E-state index in [0.29, 0.717) is 18.4 Å². The summed E-state index contributed by atoms with van der Waals surface area (Å²) in [6, 6.07) is 7.34. The van der Waals surface area contributed by atoms with Gasteiger partial charge in [-0.1, -0.05) is 18.2 Å². The second-order valence-electron chi connectivity index (χ2n) is 4.56. The maximum absolute atomic E-state index is 11.6. The van der Waals surface area contributed by atoms with Gasteiger partial charge in [0.2, 0.25) is 0 Å². The Morgan fingerprint density at radius 3 is 2.95 bits per heavy atom. The van der Waals surface area contributed by atoms with Gasteiger partial charge in [0.05, 0.1) is 18.2 Å². The number of esters is 2. The average Bonchev–Trinajstić information content (AvgIpc) is 2.74. The zero-order valence-electron chi connectivity index (χ0n) is 10.8. The number of benzene rings is 1. The average molecular weight is 263 g/mol. The molecule has 2 rings (SSSR count). The molecule has 0 spiro atoms. The summed E-state index contributed by atoms with van der Waals surface area (Å²) >= 11 is 0. The highest BCUT2D eigenvalue weighted by atomic mass is 16.6. The highest BCUT2D eigenvalue weighted by Gasteiger charge is 2.30. The van der Waals surface area contributed by atoms with Crippen molar-refractivity contribution in [1.29, 1.82) is 0 Å². The summed E-state index contributed by atoms with van der Waals surface area (Å²) in [5.41, 5.74) is 6.71. The molecular weight excluding hydrogens is 246 g/mol. The number of carbonyl (C=O) groups excluding carboxylic acids is 2. The van der Waals surface area contributed by atoms with Crippen molar-refractivity contribution >= 4 is 11.9 Å². The summed E-state index contributed by atoms with van der Waals surface area (Å²) in [4.78, 5) is 22.7. The highest BCUT2D eigenvalue weighted by Crippen LogP contribution is 2.33. The molecule has 19 heavy (non-hydrogen) atoms. The molecule has 2 N–H and O–H groups in total. The van der Waals surface area contributed by atoms with Crippen LogP contribution in [0.4, 0.5) is 0 Å². The van der Waals surface area contributed by atoms with Gasteiger partial charge in [0.15, 0.2) is 0 Å². The number of hydrogen-bond donors (Lipinski definition) is 1. The number of ether oxygens (including phenoxy) is 2. The number of rotatable bonds is 5. The van der Waals surface area contributed by atoms with Gasteiger partial charge in [-0.25, -0.2) is 4.79 Å². The van der Waals surface area contributed by atoms with Gasteiger partial charge >= 0.3 is 11.9 Å². The molecule has 1 unspecified atom stereocenters. The minimum absolute atomic E-state index is 0.119. The quantitative estimate of drug-likeness (QED) is 0.816. The van der Waals surface area contributed by atoms with E-state index in [1.807, 2.05) is 18.2 Å². The number of fused-ring (bicyclic) bond motifs is 1. The van der Waals surface area contributed by atoms with Gasteiger partial charge in [0.25, 0.3) is 0 Å². The molecule has 0 aromatic heterocycles. The Morgan fingerprint density at radius 1 is 1.47 bits per heavy atom. The lowest BCUT2D eigenvalue weighted by molar-refractivity contribution is -0.147. The van der Waals surface area contributed by atoms with Gasteiger partial charge in [-0.15, -0.1) is 0 Å². The molecule has 0 saturated carbocycles. The van der Waals surface area contributed by atoms with Gasteiger partial charge in [0, 0.05) is 5.56 Å². The lowest BCUT2D eigenvalue weighted by Gasteiger charge is -2.15. The molecule has 0 fully saturated rings. The monoisotopic (exact) mass is 263 g/mol. The van der Waals surface area contributed by atoms with Crippen LogP contribution in [0.1, 0.15) is 41.8 Å². The summed E-state index contributed by atoms with van der Waals surface area (Å²) in [7, 11) is 0. The number of cyclic esters (lactones) is 1. The van der Waals surface area contributed by atoms with E-state index >= 15 is 0 Å². The first-order chi connectivity index (χ1) is 9.11. The molecule has 1 aromatic carbocycles. The van der Waals surface area contributed by atoms with Crippen molar-refractivity contribution < 1.29 is 19.1 Å². The predicted octanol–water partition coefficient (Wildman–Crippen LogP) is 1.57. The number of hydrogen-bond acceptors (Lipinski definition) is 5. The van der Waals surface area contributed by atoms with Gasteiger partial charge in [-0.2, -0.15) is 0 Å². The van der Waals surface area contributed by atoms with Crippen molar-refractivity contribution in [2.75, 3.05) is 6.54 Å². The standard InChI is InChI=1S/C14H17NO4/c1-9(18-13(16)8-15)6-7-12-10-4-2-3-5-11(10)14(17)19-12/h2-5,9,12H,6-8,15H2,1H3/t9?,12-/m0/s1. The van der Waals surface area contributed by atoms with Crippen molar-refractivity contribution in [2.45, 2.75) is 32.0 Å². The van der Waals surface area contributed by atoms with Crippen molar-refractivity contribution in [1.82, 2.24) is 0 Å². The third-order valence-corrected chi connectivity index (χ3v) is 3.11. The van der Waals surface area contributed by atoms with Gasteiger partial charge in [0.1, 0.15) is 6.10 Å². The SMILES string of the molecule is CC(CC[C@@H]1OC(=O)c2ccccc21)OC(=O)CN. The molecule has 1 aromatic rings. The Hall–Kier alpha value is -1.88. The summed E-state index contributed by atoms with van der Waals surface area (Å²) < 4.78 is 10.4. The van der Waals surface area contributed by atoms with E-state index in [-0.39, 0.29) is 24.7 Å². The van der Waals surface area contributed by atoms with E-state index in [0.717, 1.165) is 5.56 Å². The van der Waals surface area contributed by atoms with Crippen LogP contribution in [0.15, 0.2) is 24.3 Å². The third-order valence-electron chi connectivity index (χ3n) is 3.11. The molecule has 1 aliphatic rings. The fourth-order valence-corrected chi connectivity index (χ4v) is 2.15. The molecule has 102 valence electrons. The van der Waals surface area contributed by atoms with E-state index in [2.05, 4.69) is 0 Å². The summed E-state index contributed by atoms with van der Waals surface area (Å²) in [5.74, 6) is -0.705. The van der Waals surface area contributed by atoms with Crippen molar-refractivity contribution in [3.63, 3.8) is 0 Å². The molecule has 1 aliphatic heterocycles. The van der Waals surface area contributed by atoms with Crippen LogP contribution in [0.3, 0.4) is 0 Å². The van der Waals surface area contributed by atoms with Crippen LogP contribution in [0.5, 0.6) is 0 Å². The predicted molar refractivity (Wildman–Crippen MR) is 68.4 cm³/mol. The van der Waals surface area contributed by atoms with Gasteiger partial charge in [-0.3, -0.25) is 4.79 Å². The Kier molecular flexibility index (Phi) is 4.16. The Morgan fingerprint density at radius 2 is 2.21 bits per heavy atom. The van der Waals surface area contributed by atoms with Crippen LogP contribution in [-0.4, -0.2) is 24.6 Å². The first-order valence-electron chi connectivity index (χ1n) is 6.31. The maximum Gasteiger partial charge on any atom is 0.339 e. The Bertz CT molecular complexity index is 486. The van der Waals surface area contributed by atoms with Crippen LogP contribution >= 0.6 is 0 Å². The third kappa shape index (κ3) is 3.12. The minimum Gasteiger partial charge on any atom is -0.462 e. The van der Waals surface area contributed by atoms with E-state index in [9.17, 15) is 9.59 Å². The first-order valence-corrected chi connectivity index (χ1v) is 6.31. The van der Waals surface area contributed by atoms with Crippen LogP contribution < -0.4 is 5.73 Å². The molecule has 2 atom stereocenters. The van der Waals surface area contributed by atoms with Crippen molar-refractivity contribution in [3.05, 3.63) is 35.4 Å². The normalized spacial score (nSPS) is 18.6.